The first-order chi connectivity index (χ1) is 10.3. The van der Waals surface area contributed by atoms with Gasteiger partial charge in [0.1, 0.15) is 6.61 Å². The summed E-state index contributed by atoms with van der Waals surface area (Å²) in [6.45, 7) is 1.01. The smallest absolute Gasteiger partial charge is 0.360 e. The lowest BCUT2D eigenvalue weighted by Gasteiger charge is -2.21. The normalized spacial score (nSPS) is 18.4. The molecule has 1 aliphatic heterocycles. The van der Waals surface area contributed by atoms with E-state index in [1.165, 1.54) is 0 Å². The van der Waals surface area contributed by atoms with Crippen molar-refractivity contribution in [2.75, 3.05) is 13.2 Å². The molecule has 1 unspecified atom stereocenters. The van der Waals surface area contributed by atoms with Crippen LogP contribution in [0.15, 0.2) is 40.9 Å². The molecule has 0 amide bonds. The highest BCUT2D eigenvalue weighted by molar-refractivity contribution is 5.88. The molecule has 1 aromatic carbocycles. The number of rotatable bonds is 4. The average molecular weight is 287 g/mol. The Kier molecular flexibility index (Phi) is 4.31. The van der Waals surface area contributed by atoms with Gasteiger partial charge in [0.25, 0.3) is 0 Å². The monoisotopic (exact) mass is 287 g/mol. The first-order valence-corrected chi connectivity index (χ1v) is 7.14. The van der Waals surface area contributed by atoms with E-state index in [4.69, 9.17) is 14.0 Å². The zero-order chi connectivity index (χ0) is 14.5. The Morgan fingerprint density at radius 2 is 2.14 bits per heavy atom. The predicted octanol–water partition coefficient (Wildman–Crippen LogP) is 3.07. The number of aromatic nitrogens is 1. The van der Waals surface area contributed by atoms with Gasteiger partial charge in [0.2, 0.25) is 0 Å². The number of carbonyl (C=O) groups is 1. The summed E-state index contributed by atoms with van der Waals surface area (Å²) in [4.78, 5) is 11.9. The minimum Gasteiger partial charge on any atom is -0.458 e. The standard InChI is InChI=1S/C16H17NO4/c18-16(20-11-13-8-4-5-9-19-13)14-10-15(21-17-14)12-6-2-1-3-7-12/h1-3,6-7,10,13H,4-5,8-9,11H2. The second-order valence-electron chi connectivity index (χ2n) is 5.03. The Hall–Kier alpha value is -2.14. The molecule has 1 fully saturated rings. The fourth-order valence-electron chi connectivity index (χ4n) is 2.29. The Bertz CT molecular complexity index is 587. The van der Waals surface area contributed by atoms with Crippen molar-refractivity contribution in [1.82, 2.24) is 5.16 Å². The molecule has 0 radical (unpaired) electrons. The summed E-state index contributed by atoms with van der Waals surface area (Å²) in [5, 5.41) is 3.77. The maximum Gasteiger partial charge on any atom is 0.360 e. The third-order valence-corrected chi connectivity index (χ3v) is 3.45. The lowest BCUT2D eigenvalue weighted by Crippen LogP contribution is -2.26. The van der Waals surface area contributed by atoms with E-state index in [2.05, 4.69) is 5.16 Å². The fraction of sp³-hybridized carbons (Fsp3) is 0.375. The highest BCUT2D eigenvalue weighted by Crippen LogP contribution is 2.20. The predicted molar refractivity (Wildman–Crippen MR) is 75.8 cm³/mol. The van der Waals surface area contributed by atoms with Crippen LogP contribution in [0.1, 0.15) is 29.8 Å². The van der Waals surface area contributed by atoms with Crippen LogP contribution in [0.3, 0.4) is 0 Å². The molecule has 1 aromatic heterocycles. The molecule has 2 heterocycles. The summed E-state index contributed by atoms with van der Waals surface area (Å²) >= 11 is 0. The van der Waals surface area contributed by atoms with Gasteiger partial charge in [-0.2, -0.15) is 0 Å². The number of hydrogen-bond acceptors (Lipinski definition) is 5. The van der Waals surface area contributed by atoms with Crippen LogP contribution in [-0.2, 0) is 9.47 Å². The van der Waals surface area contributed by atoms with E-state index in [0.29, 0.717) is 5.76 Å². The van der Waals surface area contributed by atoms with Crippen molar-refractivity contribution in [3.05, 3.63) is 42.1 Å². The molecular weight excluding hydrogens is 270 g/mol. The SMILES string of the molecule is O=C(OCC1CCCCO1)c1cc(-c2ccccc2)on1. The van der Waals surface area contributed by atoms with Crippen LogP contribution < -0.4 is 0 Å². The molecule has 110 valence electrons. The summed E-state index contributed by atoms with van der Waals surface area (Å²) in [6, 6.07) is 11.1. The van der Waals surface area contributed by atoms with Gasteiger partial charge in [0, 0.05) is 18.2 Å². The molecule has 1 aliphatic rings. The topological polar surface area (TPSA) is 61.6 Å². The van der Waals surface area contributed by atoms with Crippen molar-refractivity contribution < 1.29 is 18.8 Å². The first kappa shape index (κ1) is 13.8. The fourth-order valence-corrected chi connectivity index (χ4v) is 2.29. The van der Waals surface area contributed by atoms with E-state index in [0.717, 1.165) is 31.4 Å². The molecule has 0 spiro atoms. The van der Waals surface area contributed by atoms with Crippen LogP contribution in [-0.4, -0.2) is 30.4 Å². The van der Waals surface area contributed by atoms with E-state index < -0.39 is 5.97 Å². The van der Waals surface area contributed by atoms with Crippen molar-refractivity contribution in [2.45, 2.75) is 25.4 Å². The molecule has 5 heteroatoms. The number of ether oxygens (including phenoxy) is 2. The van der Waals surface area contributed by atoms with Gasteiger partial charge in [0.05, 0.1) is 6.10 Å². The average Bonchev–Trinajstić information content (AvgIpc) is 3.04. The quantitative estimate of drug-likeness (QED) is 0.809. The van der Waals surface area contributed by atoms with Gasteiger partial charge in [0.15, 0.2) is 11.5 Å². The lowest BCUT2D eigenvalue weighted by molar-refractivity contribution is -0.0303. The Morgan fingerprint density at radius 3 is 2.90 bits per heavy atom. The van der Waals surface area contributed by atoms with Gasteiger partial charge < -0.3 is 14.0 Å². The van der Waals surface area contributed by atoms with Gasteiger partial charge in [-0.3, -0.25) is 0 Å². The van der Waals surface area contributed by atoms with Gasteiger partial charge in [-0.15, -0.1) is 0 Å². The van der Waals surface area contributed by atoms with Crippen LogP contribution >= 0.6 is 0 Å². The summed E-state index contributed by atoms with van der Waals surface area (Å²) in [5.74, 6) is 0.0755. The highest BCUT2D eigenvalue weighted by Gasteiger charge is 2.19. The van der Waals surface area contributed by atoms with Crippen LogP contribution in [0.5, 0.6) is 0 Å². The minimum absolute atomic E-state index is 0.00296. The Morgan fingerprint density at radius 1 is 1.29 bits per heavy atom. The molecule has 0 bridgehead atoms. The highest BCUT2D eigenvalue weighted by atomic mass is 16.6. The second-order valence-corrected chi connectivity index (χ2v) is 5.03. The maximum atomic E-state index is 11.9. The number of nitrogens with zero attached hydrogens (tertiary/aromatic N) is 1. The molecule has 0 aliphatic carbocycles. The summed E-state index contributed by atoms with van der Waals surface area (Å²) < 4.78 is 15.9. The molecule has 0 saturated carbocycles. The zero-order valence-electron chi connectivity index (χ0n) is 11.7. The summed E-state index contributed by atoms with van der Waals surface area (Å²) in [5.41, 5.74) is 1.06. The van der Waals surface area contributed by atoms with Crippen LogP contribution in [0, 0.1) is 0 Å². The van der Waals surface area contributed by atoms with E-state index in [-0.39, 0.29) is 18.4 Å². The molecule has 1 saturated heterocycles. The molecule has 21 heavy (non-hydrogen) atoms. The summed E-state index contributed by atoms with van der Waals surface area (Å²) in [6.07, 6.45) is 3.13. The van der Waals surface area contributed by atoms with Gasteiger partial charge >= 0.3 is 5.97 Å². The Labute approximate surface area is 122 Å². The third-order valence-electron chi connectivity index (χ3n) is 3.45. The lowest BCUT2D eigenvalue weighted by atomic mass is 10.1. The molecule has 0 N–H and O–H groups in total. The molecule has 1 atom stereocenters. The van der Waals surface area contributed by atoms with E-state index in [1.807, 2.05) is 30.3 Å². The van der Waals surface area contributed by atoms with Gasteiger partial charge in [-0.25, -0.2) is 4.79 Å². The minimum atomic E-state index is -0.477. The van der Waals surface area contributed by atoms with E-state index in [9.17, 15) is 4.79 Å². The zero-order valence-corrected chi connectivity index (χ0v) is 11.7. The number of benzene rings is 1. The molecule has 2 aromatic rings. The molecule has 3 rings (SSSR count). The number of esters is 1. The van der Waals surface area contributed by atoms with E-state index >= 15 is 0 Å². The Balaban J connectivity index is 1.59. The van der Waals surface area contributed by atoms with E-state index in [1.54, 1.807) is 6.07 Å². The number of carbonyl (C=O) groups excluding carboxylic acids is 1. The van der Waals surface area contributed by atoms with Crippen LogP contribution in [0.2, 0.25) is 0 Å². The van der Waals surface area contributed by atoms with Crippen molar-refractivity contribution >= 4 is 5.97 Å². The maximum absolute atomic E-state index is 11.9. The third kappa shape index (κ3) is 3.49. The second kappa shape index (κ2) is 6.54. The number of hydrogen-bond donors (Lipinski definition) is 0. The summed E-state index contributed by atoms with van der Waals surface area (Å²) in [7, 11) is 0. The largest absolute Gasteiger partial charge is 0.458 e. The van der Waals surface area contributed by atoms with Crippen molar-refractivity contribution in [1.29, 1.82) is 0 Å². The van der Waals surface area contributed by atoms with Gasteiger partial charge in [-0.1, -0.05) is 35.5 Å². The van der Waals surface area contributed by atoms with Gasteiger partial charge in [-0.05, 0) is 19.3 Å². The van der Waals surface area contributed by atoms with Crippen molar-refractivity contribution in [2.24, 2.45) is 0 Å². The van der Waals surface area contributed by atoms with Crippen molar-refractivity contribution in [3.63, 3.8) is 0 Å². The van der Waals surface area contributed by atoms with Crippen molar-refractivity contribution in [3.8, 4) is 11.3 Å². The molecular formula is C16H17NO4. The first-order valence-electron chi connectivity index (χ1n) is 7.14. The van der Waals surface area contributed by atoms with Crippen LogP contribution in [0.4, 0.5) is 0 Å². The van der Waals surface area contributed by atoms with Crippen LogP contribution in [0.25, 0.3) is 11.3 Å². The molecule has 5 nitrogen and oxygen atoms in total.